The topological polar surface area (TPSA) is 78.9 Å². The number of methoxy groups -OCH3 is 1. The molecule has 6 heteroatoms. The molecule has 0 aliphatic heterocycles. The molecule has 0 rings (SSSR count). The third-order valence-electron chi connectivity index (χ3n) is 2.10. The molecule has 0 saturated carbocycles. The lowest BCUT2D eigenvalue weighted by Gasteiger charge is -2.12. The first-order valence-electron chi connectivity index (χ1n) is 5.32. The Bertz CT molecular complexity index is 277. The minimum absolute atomic E-state index is 0.110. The lowest BCUT2D eigenvalue weighted by atomic mass is 10.1. The minimum atomic E-state index is -0.922. The van der Waals surface area contributed by atoms with Crippen molar-refractivity contribution in [2.24, 2.45) is 0 Å². The van der Waals surface area contributed by atoms with E-state index in [0.717, 1.165) is 0 Å². The van der Waals surface area contributed by atoms with Gasteiger partial charge < -0.3 is 14.7 Å². The molecule has 0 aliphatic carbocycles. The van der Waals surface area contributed by atoms with Crippen LogP contribution in [0.2, 0.25) is 0 Å². The van der Waals surface area contributed by atoms with E-state index in [1.807, 2.05) is 0 Å². The van der Waals surface area contributed by atoms with Gasteiger partial charge in [-0.15, -0.1) is 0 Å². The lowest BCUT2D eigenvalue weighted by molar-refractivity contribution is -0.140. The summed E-state index contributed by atoms with van der Waals surface area (Å²) in [7, 11) is 4.81. The molecule has 1 amide bonds. The Morgan fingerprint density at radius 1 is 1.47 bits per heavy atom. The van der Waals surface area contributed by atoms with E-state index >= 15 is 0 Å². The molecule has 98 valence electrons. The summed E-state index contributed by atoms with van der Waals surface area (Å²) in [5.74, 6) is -1.03. The molecule has 0 heterocycles. The summed E-state index contributed by atoms with van der Waals surface area (Å²) in [5, 5.41) is 11.6. The zero-order chi connectivity index (χ0) is 13.3. The molecule has 0 spiro atoms. The van der Waals surface area contributed by atoms with Gasteiger partial charge in [-0.1, -0.05) is 6.08 Å². The highest BCUT2D eigenvalue weighted by molar-refractivity contribution is 5.87. The van der Waals surface area contributed by atoms with Crippen molar-refractivity contribution < 1.29 is 19.4 Å². The van der Waals surface area contributed by atoms with E-state index in [0.29, 0.717) is 12.8 Å². The van der Waals surface area contributed by atoms with E-state index in [-0.39, 0.29) is 12.6 Å². The lowest BCUT2D eigenvalue weighted by Crippen LogP contribution is -2.37. The second-order valence-electron chi connectivity index (χ2n) is 3.74. The normalized spacial score (nSPS) is 12.6. The number of allylic oxidation sites excluding steroid dienone is 1. The Morgan fingerprint density at radius 3 is 2.59 bits per heavy atom. The Hall–Kier alpha value is -1.40. The molecule has 0 aromatic rings. The molecule has 0 aromatic carbocycles. The van der Waals surface area contributed by atoms with Gasteiger partial charge in [0.1, 0.15) is 6.04 Å². The number of ether oxygens (including phenoxy) is 1. The number of hydrogen-bond donors (Lipinski definition) is 2. The van der Waals surface area contributed by atoms with Gasteiger partial charge in [-0.25, -0.2) is 0 Å². The molecule has 6 nitrogen and oxygen atoms in total. The van der Waals surface area contributed by atoms with Crippen LogP contribution in [0.1, 0.15) is 12.8 Å². The number of hydrogen-bond acceptors (Lipinski definition) is 4. The van der Waals surface area contributed by atoms with Crippen LogP contribution in [0.15, 0.2) is 12.2 Å². The molecule has 17 heavy (non-hydrogen) atoms. The number of aliphatic carboxylic acids is 1. The number of carbonyl (C=O) groups is 2. The number of nitrogens with one attached hydrogen (secondary N) is 1. The quantitative estimate of drug-likeness (QED) is 0.466. The molecule has 0 aliphatic rings. The van der Waals surface area contributed by atoms with Gasteiger partial charge in [0.05, 0.1) is 6.73 Å². The second-order valence-corrected chi connectivity index (χ2v) is 3.74. The number of amides is 1. The fourth-order valence-electron chi connectivity index (χ4n) is 1.09. The number of rotatable bonds is 8. The van der Waals surface area contributed by atoms with Gasteiger partial charge >= 0.3 is 5.97 Å². The fraction of sp³-hybridized carbons (Fsp3) is 0.636. The average molecular weight is 244 g/mol. The van der Waals surface area contributed by atoms with E-state index in [9.17, 15) is 9.59 Å². The monoisotopic (exact) mass is 244 g/mol. The molecule has 1 atom stereocenters. The van der Waals surface area contributed by atoms with E-state index in [2.05, 4.69) is 5.32 Å². The van der Waals surface area contributed by atoms with Crippen LogP contribution in [-0.2, 0) is 14.3 Å². The third-order valence-corrected chi connectivity index (χ3v) is 2.10. The Balaban J connectivity index is 3.97. The summed E-state index contributed by atoms with van der Waals surface area (Å²) < 4.78 is 4.75. The Morgan fingerprint density at radius 2 is 2.12 bits per heavy atom. The predicted octanol–water partition coefficient (Wildman–Crippen LogP) is 0.0577. The van der Waals surface area contributed by atoms with Gasteiger partial charge in [0.25, 0.3) is 0 Å². The highest BCUT2D eigenvalue weighted by Gasteiger charge is 2.14. The Kier molecular flexibility index (Phi) is 8.00. The smallest absolute Gasteiger partial charge is 0.320 e. The van der Waals surface area contributed by atoms with E-state index in [1.165, 1.54) is 18.1 Å². The van der Waals surface area contributed by atoms with Crippen molar-refractivity contribution in [2.45, 2.75) is 18.9 Å². The van der Waals surface area contributed by atoms with Crippen LogP contribution in [0.5, 0.6) is 0 Å². The van der Waals surface area contributed by atoms with E-state index in [4.69, 9.17) is 9.84 Å². The zero-order valence-electron chi connectivity index (χ0n) is 10.5. The molecular weight excluding hydrogens is 224 g/mol. The molecule has 0 unspecified atom stereocenters. The first-order chi connectivity index (χ1) is 7.99. The van der Waals surface area contributed by atoms with Crippen molar-refractivity contribution in [3.05, 3.63) is 12.2 Å². The molecule has 2 N–H and O–H groups in total. The highest BCUT2D eigenvalue weighted by atomic mass is 16.5. The molecular formula is C11H20N2O4. The van der Waals surface area contributed by atoms with E-state index in [1.54, 1.807) is 20.2 Å². The van der Waals surface area contributed by atoms with E-state index < -0.39 is 12.0 Å². The number of carbonyl (C=O) groups excluding carboxylic acids is 1. The van der Waals surface area contributed by atoms with Crippen molar-refractivity contribution in [3.63, 3.8) is 0 Å². The van der Waals surface area contributed by atoms with Crippen molar-refractivity contribution in [2.75, 3.05) is 27.9 Å². The summed E-state index contributed by atoms with van der Waals surface area (Å²) in [6, 6.07) is -0.658. The van der Waals surface area contributed by atoms with Crippen LogP contribution in [0.4, 0.5) is 0 Å². The zero-order valence-corrected chi connectivity index (χ0v) is 10.5. The van der Waals surface area contributed by atoms with Crippen molar-refractivity contribution in [3.8, 4) is 0 Å². The van der Waals surface area contributed by atoms with Crippen LogP contribution in [-0.4, -0.2) is 55.9 Å². The predicted molar refractivity (Wildman–Crippen MR) is 63.5 cm³/mol. The second kappa shape index (κ2) is 8.72. The van der Waals surface area contributed by atoms with Gasteiger partial charge in [-0.3, -0.25) is 14.9 Å². The third kappa shape index (κ3) is 7.48. The highest BCUT2D eigenvalue weighted by Crippen LogP contribution is 1.99. The van der Waals surface area contributed by atoms with Crippen molar-refractivity contribution >= 4 is 11.9 Å². The van der Waals surface area contributed by atoms with Gasteiger partial charge in [0.2, 0.25) is 5.91 Å². The van der Waals surface area contributed by atoms with Gasteiger partial charge in [-0.2, -0.15) is 0 Å². The van der Waals surface area contributed by atoms with Crippen molar-refractivity contribution in [1.82, 2.24) is 10.2 Å². The number of carboxylic acid groups (broad SMARTS) is 1. The number of carboxylic acids is 1. The molecule has 0 saturated heterocycles. The van der Waals surface area contributed by atoms with Crippen LogP contribution >= 0.6 is 0 Å². The fourth-order valence-corrected chi connectivity index (χ4v) is 1.09. The maximum Gasteiger partial charge on any atom is 0.320 e. The van der Waals surface area contributed by atoms with Crippen LogP contribution in [0.25, 0.3) is 0 Å². The van der Waals surface area contributed by atoms with Crippen LogP contribution in [0.3, 0.4) is 0 Å². The van der Waals surface area contributed by atoms with Gasteiger partial charge in [0.15, 0.2) is 0 Å². The number of nitrogens with zero attached hydrogens (tertiary/aromatic N) is 1. The molecule has 0 fully saturated rings. The summed E-state index contributed by atoms with van der Waals surface area (Å²) in [6.45, 7) is 0.192. The Labute approximate surface area is 101 Å². The van der Waals surface area contributed by atoms with Crippen molar-refractivity contribution in [1.29, 1.82) is 0 Å². The maximum atomic E-state index is 11.2. The minimum Gasteiger partial charge on any atom is -0.480 e. The SMILES string of the molecule is COCN[C@@H](CC/C=C/C(=O)N(C)C)C(=O)O. The summed E-state index contributed by atoms with van der Waals surface area (Å²) >= 11 is 0. The van der Waals surface area contributed by atoms with Crippen LogP contribution in [0, 0.1) is 0 Å². The van der Waals surface area contributed by atoms with Crippen LogP contribution < -0.4 is 5.32 Å². The molecule has 0 aromatic heterocycles. The molecule has 0 bridgehead atoms. The number of likely N-dealkylation sites (N-methyl/N-ethyl adjacent to an activating group) is 1. The average Bonchev–Trinajstić information content (AvgIpc) is 2.27. The molecule has 0 radical (unpaired) electrons. The summed E-state index contributed by atoms with van der Waals surface area (Å²) in [6.07, 6.45) is 4.05. The standard InChI is InChI=1S/C11H20N2O4/c1-13(2)10(14)7-5-4-6-9(11(15)16)12-8-17-3/h5,7,9,12H,4,6,8H2,1-3H3,(H,15,16)/b7-5+/t9-/m0/s1. The largest absolute Gasteiger partial charge is 0.480 e. The maximum absolute atomic E-state index is 11.2. The van der Waals surface area contributed by atoms with Gasteiger partial charge in [-0.05, 0) is 18.9 Å². The van der Waals surface area contributed by atoms with Gasteiger partial charge in [0, 0.05) is 21.2 Å². The first-order valence-corrected chi connectivity index (χ1v) is 5.32. The summed E-state index contributed by atoms with van der Waals surface area (Å²) in [4.78, 5) is 23.5. The summed E-state index contributed by atoms with van der Waals surface area (Å²) in [5.41, 5.74) is 0. The first kappa shape index (κ1) is 15.6.